The highest BCUT2D eigenvalue weighted by Gasteiger charge is 2.18. The number of nitrogens with one attached hydrogen (secondary N) is 1. The lowest BCUT2D eigenvalue weighted by Gasteiger charge is -2.12. The van der Waals surface area contributed by atoms with E-state index in [0.29, 0.717) is 16.0 Å². The first-order valence-corrected chi connectivity index (χ1v) is 9.03. The molecule has 1 atom stereocenters. The van der Waals surface area contributed by atoms with Gasteiger partial charge in [0.1, 0.15) is 10.6 Å². The van der Waals surface area contributed by atoms with Crippen LogP contribution in [0.3, 0.4) is 0 Å². The summed E-state index contributed by atoms with van der Waals surface area (Å²) >= 11 is 1.47. The third kappa shape index (κ3) is 3.62. The molecule has 0 spiro atoms. The molecule has 7 heteroatoms. The van der Waals surface area contributed by atoms with Crippen LogP contribution in [0.1, 0.15) is 34.9 Å². The normalized spacial score (nSPS) is 12.2. The second-order valence-corrected chi connectivity index (χ2v) is 7.27. The molecule has 0 radical (unpaired) electrons. The maximum Gasteiger partial charge on any atom is 0.310 e. The number of benzene rings is 1. The van der Waals surface area contributed by atoms with Crippen molar-refractivity contribution in [3.05, 3.63) is 56.4 Å². The number of rotatable bonds is 5. The van der Waals surface area contributed by atoms with Crippen LogP contribution >= 0.6 is 11.3 Å². The molecule has 0 aliphatic heterocycles. The number of thiophene rings is 1. The Kier molecular flexibility index (Phi) is 5.08. The number of fused-ring (bicyclic) bond motifs is 1. The fourth-order valence-corrected chi connectivity index (χ4v) is 3.71. The van der Waals surface area contributed by atoms with Gasteiger partial charge in [0, 0.05) is 4.88 Å². The van der Waals surface area contributed by atoms with Crippen molar-refractivity contribution < 1.29 is 14.3 Å². The Morgan fingerprint density at radius 2 is 1.96 bits per heavy atom. The zero-order valence-corrected chi connectivity index (χ0v) is 15.9. The number of aryl methyl sites for hydroxylation is 2. The third-order valence-electron chi connectivity index (χ3n) is 4.26. The summed E-state index contributed by atoms with van der Waals surface area (Å²) in [6.45, 7) is 5.56. The summed E-state index contributed by atoms with van der Waals surface area (Å²) in [5, 5.41) is 0.605. The summed E-state index contributed by atoms with van der Waals surface area (Å²) in [7, 11) is 1.59. The first-order chi connectivity index (χ1) is 12.4. The highest BCUT2D eigenvalue weighted by atomic mass is 32.1. The van der Waals surface area contributed by atoms with Gasteiger partial charge in [-0.25, -0.2) is 4.98 Å². The Labute approximate surface area is 154 Å². The maximum atomic E-state index is 12.3. The Bertz CT molecular complexity index is 1000. The van der Waals surface area contributed by atoms with Gasteiger partial charge in [0.2, 0.25) is 0 Å². The molecule has 3 rings (SSSR count). The fourth-order valence-electron chi connectivity index (χ4n) is 2.67. The minimum atomic E-state index is -0.638. The molecular weight excluding hydrogens is 352 g/mol. The molecule has 1 aromatic carbocycles. The number of aromatic nitrogens is 2. The molecule has 0 saturated heterocycles. The Hall–Kier alpha value is -2.67. The molecular formula is C19H20N2O4S. The SMILES string of the molecule is COc1ccc(CC(=O)O[C@@H](C)c2nc3sc(C)c(C)c3c(=O)[nH]2)cc1. The van der Waals surface area contributed by atoms with E-state index in [0.717, 1.165) is 21.8 Å². The molecule has 1 N–H and O–H groups in total. The smallest absolute Gasteiger partial charge is 0.310 e. The highest BCUT2D eigenvalue weighted by Crippen LogP contribution is 2.27. The van der Waals surface area contributed by atoms with E-state index in [1.807, 2.05) is 26.0 Å². The van der Waals surface area contributed by atoms with E-state index < -0.39 is 6.10 Å². The number of aromatic amines is 1. The van der Waals surface area contributed by atoms with Gasteiger partial charge in [0.25, 0.3) is 5.56 Å². The van der Waals surface area contributed by atoms with E-state index in [1.165, 1.54) is 11.3 Å². The number of methoxy groups -OCH3 is 1. The second kappa shape index (κ2) is 7.29. The molecule has 0 saturated carbocycles. The van der Waals surface area contributed by atoms with Crippen LogP contribution in [0.4, 0.5) is 0 Å². The van der Waals surface area contributed by atoms with Gasteiger partial charge in [-0.3, -0.25) is 9.59 Å². The molecule has 2 heterocycles. The van der Waals surface area contributed by atoms with Crippen molar-refractivity contribution in [2.24, 2.45) is 0 Å². The summed E-state index contributed by atoms with van der Waals surface area (Å²) in [5.41, 5.74) is 1.56. The number of esters is 1. The largest absolute Gasteiger partial charge is 0.497 e. The molecule has 0 amide bonds. The molecule has 2 aromatic heterocycles. The van der Waals surface area contributed by atoms with Gasteiger partial charge in [-0.2, -0.15) is 0 Å². The number of ether oxygens (including phenoxy) is 2. The Morgan fingerprint density at radius 3 is 2.62 bits per heavy atom. The number of carbonyl (C=O) groups excluding carboxylic acids is 1. The van der Waals surface area contributed by atoms with Crippen molar-refractivity contribution in [1.29, 1.82) is 0 Å². The quantitative estimate of drug-likeness (QED) is 0.694. The number of H-pyrrole nitrogens is 1. The van der Waals surface area contributed by atoms with Crippen LogP contribution in [0.25, 0.3) is 10.2 Å². The van der Waals surface area contributed by atoms with Crippen molar-refractivity contribution in [3.8, 4) is 5.75 Å². The molecule has 0 fully saturated rings. The van der Waals surface area contributed by atoms with Crippen LogP contribution < -0.4 is 10.3 Å². The predicted octanol–water partition coefficient (Wildman–Crippen LogP) is 3.46. The summed E-state index contributed by atoms with van der Waals surface area (Å²) < 4.78 is 10.5. The average Bonchev–Trinajstić information content (AvgIpc) is 2.90. The van der Waals surface area contributed by atoms with E-state index in [-0.39, 0.29) is 17.9 Å². The predicted molar refractivity (Wildman–Crippen MR) is 101 cm³/mol. The summed E-state index contributed by atoms with van der Waals surface area (Å²) in [5.74, 6) is 0.697. The van der Waals surface area contributed by atoms with E-state index in [1.54, 1.807) is 26.2 Å². The van der Waals surface area contributed by atoms with E-state index in [2.05, 4.69) is 9.97 Å². The van der Waals surface area contributed by atoms with Crippen LogP contribution in [0.5, 0.6) is 5.75 Å². The fraction of sp³-hybridized carbons (Fsp3) is 0.316. The standard InChI is InChI=1S/C19H20N2O4S/c1-10-12(3)26-19-16(10)18(23)20-17(21-19)11(2)25-15(22)9-13-5-7-14(24-4)8-6-13/h5-8,11H,9H2,1-4H3,(H,20,21,23)/t11-/m0/s1. The molecule has 0 unspecified atom stereocenters. The Balaban J connectivity index is 1.74. The van der Waals surface area contributed by atoms with Gasteiger partial charge in [0.05, 0.1) is 18.9 Å². The van der Waals surface area contributed by atoms with Crippen LogP contribution in [0.15, 0.2) is 29.1 Å². The van der Waals surface area contributed by atoms with Gasteiger partial charge in [0.15, 0.2) is 11.9 Å². The zero-order valence-electron chi connectivity index (χ0n) is 15.1. The van der Waals surface area contributed by atoms with Crippen LogP contribution in [-0.4, -0.2) is 23.0 Å². The van der Waals surface area contributed by atoms with Gasteiger partial charge in [-0.1, -0.05) is 12.1 Å². The topological polar surface area (TPSA) is 81.3 Å². The minimum Gasteiger partial charge on any atom is -0.497 e. The zero-order chi connectivity index (χ0) is 18.8. The van der Waals surface area contributed by atoms with Crippen molar-refractivity contribution in [1.82, 2.24) is 9.97 Å². The van der Waals surface area contributed by atoms with E-state index in [4.69, 9.17) is 9.47 Å². The molecule has 0 aliphatic carbocycles. The third-order valence-corrected chi connectivity index (χ3v) is 5.36. The first kappa shape index (κ1) is 18.1. The van der Waals surface area contributed by atoms with Crippen molar-refractivity contribution >= 4 is 27.5 Å². The van der Waals surface area contributed by atoms with Crippen molar-refractivity contribution in [2.75, 3.05) is 7.11 Å². The van der Waals surface area contributed by atoms with Gasteiger partial charge in [-0.05, 0) is 44.0 Å². The highest BCUT2D eigenvalue weighted by molar-refractivity contribution is 7.18. The van der Waals surface area contributed by atoms with Crippen molar-refractivity contribution in [2.45, 2.75) is 33.3 Å². The van der Waals surface area contributed by atoms with Crippen LogP contribution in [0, 0.1) is 13.8 Å². The molecule has 6 nitrogen and oxygen atoms in total. The van der Waals surface area contributed by atoms with E-state index in [9.17, 15) is 9.59 Å². The van der Waals surface area contributed by atoms with Crippen LogP contribution in [0.2, 0.25) is 0 Å². The van der Waals surface area contributed by atoms with Gasteiger partial charge >= 0.3 is 5.97 Å². The molecule has 3 aromatic rings. The lowest BCUT2D eigenvalue weighted by atomic mass is 10.1. The number of hydrogen-bond acceptors (Lipinski definition) is 6. The van der Waals surface area contributed by atoms with Gasteiger partial charge in [-0.15, -0.1) is 11.3 Å². The summed E-state index contributed by atoms with van der Waals surface area (Å²) in [6.07, 6.45) is -0.501. The number of nitrogens with zero attached hydrogens (tertiary/aromatic N) is 1. The second-order valence-electron chi connectivity index (χ2n) is 6.07. The number of hydrogen-bond donors (Lipinski definition) is 1. The maximum absolute atomic E-state index is 12.3. The molecule has 26 heavy (non-hydrogen) atoms. The summed E-state index contributed by atoms with van der Waals surface area (Å²) in [4.78, 5) is 33.4. The van der Waals surface area contributed by atoms with Crippen molar-refractivity contribution in [3.63, 3.8) is 0 Å². The first-order valence-electron chi connectivity index (χ1n) is 8.21. The minimum absolute atomic E-state index is 0.137. The van der Waals surface area contributed by atoms with Gasteiger partial charge < -0.3 is 14.5 Å². The Morgan fingerprint density at radius 1 is 1.27 bits per heavy atom. The average molecular weight is 372 g/mol. The van der Waals surface area contributed by atoms with Crippen LogP contribution in [-0.2, 0) is 16.0 Å². The van der Waals surface area contributed by atoms with E-state index >= 15 is 0 Å². The lowest BCUT2D eigenvalue weighted by Crippen LogP contribution is -2.18. The monoisotopic (exact) mass is 372 g/mol. The molecule has 136 valence electrons. The molecule has 0 aliphatic rings. The summed E-state index contributed by atoms with van der Waals surface area (Å²) in [6, 6.07) is 7.21. The number of carbonyl (C=O) groups is 1. The lowest BCUT2D eigenvalue weighted by molar-refractivity contribution is -0.148. The molecule has 0 bridgehead atoms.